The van der Waals surface area contributed by atoms with Gasteiger partial charge in [0.1, 0.15) is 0 Å². The molecule has 0 amide bonds. The van der Waals surface area contributed by atoms with Gasteiger partial charge in [0.2, 0.25) is 11.7 Å². The summed E-state index contributed by atoms with van der Waals surface area (Å²) in [7, 11) is 0. The minimum Gasteiger partial charge on any atom is -0.481 e. The number of hydrogen-bond donors (Lipinski definition) is 2. The lowest BCUT2D eigenvalue weighted by Gasteiger charge is -2.06. The van der Waals surface area contributed by atoms with Crippen molar-refractivity contribution in [2.45, 2.75) is 26.7 Å². The van der Waals surface area contributed by atoms with Gasteiger partial charge in [-0.2, -0.15) is 4.98 Å². The molecule has 3 aromatic rings. The third-order valence-electron chi connectivity index (χ3n) is 3.81. The zero-order valence-corrected chi connectivity index (χ0v) is 12.7. The molecular weight excluding hydrogens is 298 g/mol. The SMILES string of the molecule is Cc1ccc2cc(-c3noc(CCC(=O)O)n3)c(=O)[nH]c2c1C. The summed E-state index contributed by atoms with van der Waals surface area (Å²) in [4.78, 5) is 29.8. The van der Waals surface area contributed by atoms with Crippen LogP contribution in [0.2, 0.25) is 0 Å². The van der Waals surface area contributed by atoms with Crippen LogP contribution in [0.3, 0.4) is 0 Å². The maximum Gasteiger partial charge on any atom is 0.303 e. The zero-order chi connectivity index (χ0) is 16.6. The number of hydrogen-bond acceptors (Lipinski definition) is 5. The Bertz CT molecular complexity index is 956. The summed E-state index contributed by atoms with van der Waals surface area (Å²) < 4.78 is 5.00. The summed E-state index contributed by atoms with van der Waals surface area (Å²) in [5.74, 6) is -0.590. The van der Waals surface area contributed by atoms with Crippen molar-refractivity contribution in [2.75, 3.05) is 0 Å². The number of benzene rings is 1. The molecule has 2 N–H and O–H groups in total. The second-order valence-corrected chi connectivity index (χ2v) is 5.39. The summed E-state index contributed by atoms with van der Waals surface area (Å²) >= 11 is 0. The number of nitrogens with zero attached hydrogens (tertiary/aromatic N) is 2. The van der Waals surface area contributed by atoms with Crippen LogP contribution in [0.4, 0.5) is 0 Å². The smallest absolute Gasteiger partial charge is 0.303 e. The number of fused-ring (bicyclic) bond motifs is 1. The monoisotopic (exact) mass is 313 g/mol. The second-order valence-electron chi connectivity index (χ2n) is 5.39. The van der Waals surface area contributed by atoms with Crippen LogP contribution in [0.5, 0.6) is 0 Å². The van der Waals surface area contributed by atoms with Crippen molar-refractivity contribution in [3.8, 4) is 11.4 Å². The summed E-state index contributed by atoms with van der Waals surface area (Å²) in [6.45, 7) is 3.93. The average molecular weight is 313 g/mol. The van der Waals surface area contributed by atoms with E-state index in [1.54, 1.807) is 6.07 Å². The minimum absolute atomic E-state index is 0.103. The maximum absolute atomic E-state index is 12.3. The van der Waals surface area contributed by atoms with Crippen LogP contribution >= 0.6 is 0 Å². The quantitative estimate of drug-likeness (QED) is 0.764. The number of aromatic nitrogens is 3. The fourth-order valence-corrected chi connectivity index (χ4v) is 2.37. The Morgan fingerprint density at radius 3 is 2.87 bits per heavy atom. The van der Waals surface area contributed by atoms with Gasteiger partial charge in [0.15, 0.2) is 0 Å². The molecule has 0 saturated carbocycles. The molecule has 0 atom stereocenters. The first-order valence-corrected chi connectivity index (χ1v) is 7.13. The van der Waals surface area contributed by atoms with Crippen molar-refractivity contribution in [1.29, 1.82) is 0 Å². The molecule has 0 fully saturated rings. The number of pyridine rings is 1. The number of aromatic amines is 1. The Hall–Kier alpha value is -2.96. The van der Waals surface area contributed by atoms with E-state index < -0.39 is 5.97 Å². The van der Waals surface area contributed by atoms with E-state index in [-0.39, 0.29) is 30.1 Å². The molecule has 23 heavy (non-hydrogen) atoms. The lowest BCUT2D eigenvalue weighted by atomic mass is 10.0. The number of carbonyl (C=O) groups is 1. The lowest BCUT2D eigenvalue weighted by molar-refractivity contribution is -0.137. The fourth-order valence-electron chi connectivity index (χ4n) is 2.37. The molecule has 0 saturated heterocycles. The summed E-state index contributed by atoms with van der Waals surface area (Å²) in [6.07, 6.45) is 0.0281. The summed E-state index contributed by atoms with van der Waals surface area (Å²) in [6, 6.07) is 5.61. The first-order valence-electron chi connectivity index (χ1n) is 7.13. The second kappa shape index (κ2) is 5.68. The van der Waals surface area contributed by atoms with Gasteiger partial charge in [0, 0.05) is 6.42 Å². The molecule has 1 aromatic carbocycles. The molecule has 0 aliphatic rings. The van der Waals surface area contributed by atoms with E-state index in [2.05, 4.69) is 15.1 Å². The van der Waals surface area contributed by atoms with Gasteiger partial charge in [-0.1, -0.05) is 17.3 Å². The molecule has 0 aliphatic carbocycles. The molecule has 0 radical (unpaired) electrons. The molecule has 7 nitrogen and oxygen atoms in total. The van der Waals surface area contributed by atoms with Gasteiger partial charge in [-0.3, -0.25) is 9.59 Å². The Balaban J connectivity index is 2.03. The molecule has 118 valence electrons. The number of H-pyrrole nitrogens is 1. The number of nitrogens with one attached hydrogen (secondary N) is 1. The van der Waals surface area contributed by atoms with E-state index in [4.69, 9.17) is 9.63 Å². The van der Waals surface area contributed by atoms with E-state index in [0.717, 1.165) is 22.0 Å². The Kier molecular flexibility index (Phi) is 3.69. The van der Waals surface area contributed by atoms with Gasteiger partial charge in [-0.15, -0.1) is 0 Å². The first kappa shape index (κ1) is 15.0. The normalized spacial score (nSPS) is 11.0. The van der Waals surface area contributed by atoms with Gasteiger partial charge >= 0.3 is 5.97 Å². The van der Waals surface area contributed by atoms with Gasteiger partial charge in [0.25, 0.3) is 5.56 Å². The fraction of sp³-hybridized carbons (Fsp3) is 0.250. The van der Waals surface area contributed by atoms with Crippen molar-refractivity contribution < 1.29 is 14.4 Å². The Morgan fingerprint density at radius 2 is 2.13 bits per heavy atom. The summed E-state index contributed by atoms with van der Waals surface area (Å²) in [5.41, 5.74) is 2.88. The van der Waals surface area contributed by atoms with E-state index >= 15 is 0 Å². The van der Waals surface area contributed by atoms with Gasteiger partial charge in [0.05, 0.1) is 17.5 Å². The maximum atomic E-state index is 12.3. The van der Waals surface area contributed by atoms with Crippen molar-refractivity contribution in [2.24, 2.45) is 0 Å². The topological polar surface area (TPSA) is 109 Å². The largest absolute Gasteiger partial charge is 0.481 e. The Labute approximate surface area is 131 Å². The molecule has 0 unspecified atom stereocenters. The number of carboxylic acid groups (broad SMARTS) is 1. The third kappa shape index (κ3) is 2.85. The number of aryl methyl sites for hydroxylation is 3. The van der Waals surface area contributed by atoms with Crippen LogP contribution in [-0.4, -0.2) is 26.2 Å². The molecule has 2 aromatic heterocycles. The molecule has 0 aliphatic heterocycles. The highest BCUT2D eigenvalue weighted by molar-refractivity contribution is 5.85. The van der Waals surface area contributed by atoms with Crippen LogP contribution in [0.15, 0.2) is 27.5 Å². The molecule has 7 heteroatoms. The molecule has 0 spiro atoms. The molecule has 2 heterocycles. The van der Waals surface area contributed by atoms with Crippen LogP contribution in [-0.2, 0) is 11.2 Å². The standard InChI is InChI=1S/C16H15N3O4/c1-8-3-4-10-7-11(16(22)18-14(10)9(8)2)15-17-12(23-19-15)5-6-13(20)21/h3-4,7H,5-6H2,1-2H3,(H,18,22)(H,20,21). The van der Waals surface area contributed by atoms with Crippen molar-refractivity contribution in [3.63, 3.8) is 0 Å². The Morgan fingerprint density at radius 1 is 1.35 bits per heavy atom. The van der Waals surface area contributed by atoms with Crippen molar-refractivity contribution >= 4 is 16.9 Å². The van der Waals surface area contributed by atoms with E-state index in [1.165, 1.54) is 0 Å². The van der Waals surface area contributed by atoms with Crippen LogP contribution in [0.25, 0.3) is 22.3 Å². The van der Waals surface area contributed by atoms with Gasteiger partial charge < -0.3 is 14.6 Å². The number of rotatable bonds is 4. The van der Waals surface area contributed by atoms with E-state index in [1.807, 2.05) is 26.0 Å². The number of aliphatic carboxylic acids is 1. The van der Waals surface area contributed by atoms with E-state index in [9.17, 15) is 9.59 Å². The highest BCUT2D eigenvalue weighted by atomic mass is 16.5. The van der Waals surface area contributed by atoms with Crippen LogP contribution in [0.1, 0.15) is 23.4 Å². The summed E-state index contributed by atoms with van der Waals surface area (Å²) in [5, 5.41) is 13.3. The highest BCUT2D eigenvalue weighted by Gasteiger charge is 2.14. The highest BCUT2D eigenvalue weighted by Crippen LogP contribution is 2.22. The van der Waals surface area contributed by atoms with Crippen LogP contribution in [0, 0.1) is 13.8 Å². The van der Waals surface area contributed by atoms with Crippen molar-refractivity contribution in [1.82, 2.24) is 15.1 Å². The van der Waals surface area contributed by atoms with Crippen LogP contribution < -0.4 is 5.56 Å². The lowest BCUT2D eigenvalue weighted by Crippen LogP contribution is -2.10. The average Bonchev–Trinajstić information content (AvgIpc) is 2.98. The predicted octanol–water partition coefficient (Wildman–Crippen LogP) is 2.21. The molecule has 0 bridgehead atoms. The molecular formula is C16H15N3O4. The predicted molar refractivity (Wildman–Crippen MR) is 83.3 cm³/mol. The first-order chi connectivity index (χ1) is 11.0. The van der Waals surface area contributed by atoms with E-state index in [0.29, 0.717) is 5.56 Å². The minimum atomic E-state index is -0.945. The van der Waals surface area contributed by atoms with Crippen molar-refractivity contribution in [3.05, 3.63) is 45.6 Å². The van der Waals surface area contributed by atoms with Gasteiger partial charge in [-0.25, -0.2) is 0 Å². The number of carboxylic acids is 1. The third-order valence-corrected chi connectivity index (χ3v) is 3.81. The zero-order valence-electron chi connectivity index (χ0n) is 12.7. The van der Waals surface area contributed by atoms with Gasteiger partial charge in [-0.05, 0) is 36.4 Å². The molecule has 3 rings (SSSR count).